The molecule has 0 saturated heterocycles. The molecule has 5 nitrogen and oxygen atoms in total. The van der Waals surface area contributed by atoms with Crippen LogP contribution in [0.15, 0.2) is 38.7 Å². The number of halogens is 1. The van der Waals surface area contributed by atoms with Crippen molar-refractivity contribution in [2.75, 3.05) is 5.32 Å². The van der Waals surface area contributed by atoms with Gasteiger partial charge in [0, 0.05) is 16.2 Å². The highest BCUT2D eigenvalue weighted by Crippen LogP contribution is 2.25. The molecule has 1 aromatic heterocycles. The number of hydrogen-bond donors (Lipinski definition) is 2. The molecule has 1 unspecified atom stereocenters. The predicted octanol–water partition coefficient (Wildman–Crippen LogP) is 3.91. The van der Waals surface area contributed by atoms with Gasteiger partial charge in [0.25, 0.3) is 5.56 Å². The number of thioether (sulfide) groups is 1. The lowest BCUT2D eigenvalue weighted by Gasteiger charge is -2.13. The summed E-state index contributed by atoms with van der Waals surface area (Å²) >= 11 is 4.69. The van der Waals surface area contributed by atoms with E-state index in [9.17, 15) is 9.59 Å². The molecule has 2 rings (SSSR count). The topological polar surface area (TPSA) is 74.8 Å². The lowest BCUT2D eigenvalue weighted by molar-refractivity contribution is -0.115. The number of anilines is 1. The fourth-order valence-corrected chi connectivity index (χ4v) is 3.52. The highest BCUT2D eigenvalue weighted by atomic mass is 79.9. The molecule has 0 fully saturated rings. The zero-order valence-electron chi connectivity index (χ0n) is 13.9. The average Bonchev–Trinajstić information content (AvgIpc) is 2.49. The summed E-state index contributed by atoms with van der Waals surface area (Å²) in [5.41, 5.74) is 2.39. The van der Waals surface area contributed by atoms with E-state index >= 15 is 0 Å². The molecule has 0 aliphatic carbocycles. The minimum atomic E-state index is -0.391. The Morgan fingerprint density at radius 2 is 2.17 bits per heavy atom. The van der Waals surface area contributed by atoms with Gasteiger partial charge < -0.3 is 10.3 Å². The van der Waals surface area contributed by atoms with Crippen molar-refractivity contribution in [2.45, 2.75) is 44.0 Å². The number of carbonyl (C=O) groups excluding carboxylic acids is 1. The summed E-state index contributed by atoms with van der Waals surface area (Å²) in [5, 5.41) is 2.96. The van der Waals surface area contributed by atoms with Crippen LogP contribution in [-0.2, 0) is 11.2 Å². The van der Waals surface area contributed by atoms with Crippen molar-refractivity contribution < 1.29 is 4.79 Å². The van der Waals surface area contributed by atoms with Gasteiger partial charge in [0.1, 0.15) is 0 Å². The van der Waals surface area contributed by atoms with Gasteiger partial charge >= 0.3 is 0 Å². The third-order valence-electron chi connectivity index (χ3n) is 3.32. The van der Waals surface area contributed by atoms with Crippen molar-refractivity contribution in [1.82, 2.24) is 9.97 Å². The number of H-pyrrole nitrogens is 1. The fraction of sp³-hybridized carbons (Fsp3) is 0.353. The third kappa shape index (κ3) is 5.21. The van der Waals surface area contributed by atoms with Crippen LogP contribution in [0.5, 0.6) is 0 Å². The Bertz CT molecular complexity index is 792. The van der Waals surface area contributed by atoms with E-state index in [-0.39, 0.29) is 11.5 Å². The zero-order chi connectivity index (χ0) is 17.7. The maximum Gasteiger partial charge on any atom is 0.251 e. The lowest BCUT2D eigenvalue weighted by Crippen LogP contribution is -2.23. The maximum absolute atomic E-state index is 12.4. The molecule has 0 aliphatic rings. The van der Waals surface area contributed by atoms with Crippen LogP contribution in [0.3, 0.4) is 0 Å². The normalized spacial score (nSPS) is 12.0. The summed E-state index contributed by atoms with van der Waals surface area (Å²) in [7, 11) is 0. The predicted molar refractivity (Wildman–Crippen MR) is 102 cm³/mol. The van der Waals surface area contributed by atoms with Crippen molar-refractivity contribution >= 4 is 39.3 Å². The van der Waals surface area contributed by atoms with Gasteiger partial charge in [0.2, 0.25) is 5.91 Å². The van der Waals surface area contributed by atoms with Crippen molar-refractivity contribution in [2.24, 2.45) is 0 Å². The molecule has 24 heavy (non-hydrogen) atoms. The van der Waals surface area contributed by atoms with Gasteiger partial charge in [-0.25, -0.2) is 4.98 Å². The molecule has 0 aliphatic heterocycles. The number of benzene rings is 1. The second kappa shape index (κ2) is 8.48. The quantitative estimate of drug-likeness (QED) is 0.559. The second-order valence-electron chi connectivity index (χ2n) is 5.52. The first kappa shape index (κ1) is 18.7. The van der Waals surface area contributed by atoms with Crippen molar-refractivity contribution in [1.29, 1.82) is 0 Å². The van der Waals surface area contributed by atoms with Gasteiger partial charge in [-0.2, -0.15) is 0 Å². The van der Waals surface area contributed by atoms with Crippen LogP contribution in [0.2, 0.25) is 0 Å². The number of hydrogen-bond acceptors (Lipinski definition) is 4. The molecule has 1 aromatic carbocycles. The largest absolute Gasteiger partial charge is 0.324 e. The number of aryl methyl sites for hydroxylation is 2. The standard InChI is InChI=1S/C17H20BrN3O2S/c1-4-5-12-9-15(22)21-17(19-12)24-11(3)16(23)20-14-7-6-10(2)8-13(14)18/h6-9,11H,4-5H2,1-3H3,(H,20,23)(H,19,21,22). The summed E-state index contributed by atoms with van der Waals surface area (Å²) in [6.45, 7) is 5.81. The Labute approximate surface area is 153 Å². The lowest BCUT2D eigenvalue weighted by atomic mass is 10.2. The highest BCUT2D eigenvalue weighted by Gasteiger charge is 2.17. The summed E-state index contributed by atoms with van der Waals surface area (Å²) in [6.07, 6.45) is 1.66. The van der Waals surface area contributed by atoms with E-state index in [4.69, 9.17) is 0 Å². The molecule has 7 heteroatoms. The van der Waals surface area contributed by atoms with Crippen molar-refractivity contribution in [3.05, 3.63) is 50.3 Å². The molecular weight excluding hydrogens is 390 g/mol. The Balaban J connectivity index is 2.07. The first-order valence-electron chi connectivity index (χ1n) is 7.73. The minimum absolute atomic E-state index is 0.145. The van der Waals surface area contributed by atoms with Gasteiger partial charge in [-0.05, 0) is 53.9 Å². The van der Waals surface area contributed by atoms with Crippen LogP contribution in [-0.4, -0.2) is 21.1 Å². The first-order chi connectivity index (χ1) is 11.4. The number of aromatic nitrogens is 2. The molecule has 1 heterocycles. The maximum atomic E-state index is 12.4. The molecular formula is C17H20BrN3O2S. The number of nitrogens with zero attached hydrogens (tertiary/aromatic N) is 1. The third-order valence-corrected chi connectivity index (χ3v) is 4.96. The van der Waals surface area contributed by atoms with E-state index in [0.717, 1.165) is 34.3 Å². The molecule has 0 spiro atoms. The van der Waals surface area contributed by atoms with E-state index in [2.05, 4.69) is 31.2 Å². The molecule has 0 bridgehead atoms. The van der Waals surface area contributed by atoms with Gasteiger partial charge in [-0.1, -0.05) is 31.2 Å². The molecule has 0 radical (unpaired) electrons. The number of carbonyl (C=O) groups is 1. The first-order valence-corrected chi connectivity index (χ1v) is 9.40. The fourth-order valence-electron chi connectivity index (χ4n) is 2.10. The van der Waals surface area contributed by atoms with E-state index in [1.807, 2.05) is 32.0 Å². The molecule has 0 saturated carbocycles. The Morgan fingerprint density at radius 3 is 2.83 bits per heavy atom. The van der Waals surface area contributed by atoms with E-state index in [0.29, 0.717) is 5.16 Å². The van der Waals surface area contributed by atoms with E-state index < -0.39 is 5.25 Å². The number of rotatable bonds is 6. The van der Waals surface area contributed by atoms with Gasteiger partial charge in [-0.15, -0.1) is 0 Å². The summed E-state index contributed by atoms with van der Waals surface area (Å²) in [5.74, 6) is -0.145. The average molecular weight is 410 g/mol. The van der Waals surface area contributed by atoms with Crippen LogP contribution in [0, 0.1) is 6.92 Å². The minimum Gasteiger partial charge on any atom is -0.324 e. The summed E-state index contributed by atoms with van der Waals surface area (Å²) in [4.78, 5) is 31.1. The molecule has 2 aromatic rings. The Kier molecular flexibility index (Phi) is 6.62. The molecule has 2 N–H and O–H groups in total. The monoisotopic (exact) mass is 409 g/mol. The van der Waals surface area contributed by atoms with Crippen molar-refractivity contribution in [3.63, 3.8) is 0 Å². The van der Waals surface area contributed by atoms with Crippen LogP contribution < -0.4 is 10.9 Å². The number of aromatic amines is 1. The van der Waals surface area contributed by atoms with Crippen LogP contribution >= 0.6 is 27.7 Å². The number of amides is 1. The summed E-state index contributed by atoms with van der Waals surface area (Å²) < 4.78 is 0.838. The smallest absolute Gasteiger partial charge is 0.251 e. The van der Waals surface area contributed by atoms with Gasteiger partial charge in [-0.3, -0.25) is 9.59 Å². The molecule has 128 valence electrons. The van der Waals surface area contributed by atoms with Crippen LogP contribution in [0.4, 0.5) is 5.69 Å². The van der Waals surface area contributed by atoms with E-state index in [1.165, 1.54) is 17.8 Å². The number of nitrogens with one attached hydrogen (secondary N) is 2. The Morgan fingerprint density at radius 1 is 1.42 bits per heavy atom. The molecule has 1 atom stereocenters. The van der Waals surface area contributed by atoms with Crippen LogP contribution in [0.1, 0.15) is 31.5 Å². The Hall–Kier alpha value is -1.60. The second-order valence-corrected chi connectivity index (χ2v) is 7.71. The highest BCUT2D eigenvalue weighted by molar-refractivity contribution is 9.10. The SMILES string of the molecule is CCCc1cc(=O)[nH]c(SC(C)C(=O)Nc2ccc(C)cc2Br)n1. The van der Waals surface area contributed by atoms with Gasteiger partial charge in [0.15, 0.2) is 5.16 Å². The summed E-state index contributed by atoms with van der Waals surface area (Å²) in [6, 6.07) is 7.24. The van der Waals surface area contributed by atoms with Gasteiger partial charge in [0.05, 0.1) is 10.9 Å². The zero-order valence-corrected chi connectivity index (χ0v) is 16.3. The van der Waals surface area contributed by atoms with Crippen LogP contribution in [0.25, 0.3) is 0 Å². The van der Waals surface area contributed by atoms with Crippen molar-refractivity contribution in [3.8, 4) is 0 Å². The van der Waals surface area contributed by atoms with E-state index in [1.54, 1.807) is 6.92 Å². The molecule has 1 amide bonds.